The van der Waals surface area contributed by atoms with E-state index in [0.29, 0.717) is 23.7 Å². The molecule has 1 N–H and O–H groups in total. The predicted molar refractivity (Wildman–Crippen MR) is 115 cm³/mol. The van der Waals surface area contributed by atoms with Gasteiger partial charge < -0.3 is 9.72 Å². The summed E-state index contributed by atoms with van der Waals surface area (Å²) >= 11 is 0. The van der Waals surface area contributed by atoms with Gasteiger partial charge in [0, 0.05) is 18.5 Å². The Balaban J connectivity index is 1.67. The molecular weight excluding hydrogens is 378 g/mol. The molecule has 0 unspecified atom stereocenters. The molecule has 6 nitrogen and oxygen atoms in total. The fourth-order valence-corrected chi connectivity index (χ4v) is 3.90. The van der Waals surface area contributed by atoms with Crippen molar-refractivity contribution in [2.24, 2.45) is 5.92 Å². The first-order chi connectivity index (χ1) is 14.5. The number of aromatic nitrogens is 2. The Bertz CT molecular complexity index is 1210. The lowest BCUT2D eigenvalue weighted by Gasteiger charge is -2.24. The number of hydrogen-bond acceptors (Lipinski definition) is 4. The van der Waals surface area contributed by atoms with Crippen molar-refractivity contribution in [2.45, 2.75) is 33.1 Å². The normalized spacial score (nSPS) is 14.9. The molecule has 1 amide bonds. The van der Waals surface area contributed by atoms with Gasteiger partial charge in [0.05, 0.1) is 23.6 Å². The number of benzene rings is 1. The van der Waals surface area contributed by atoms with E-state index in [1.807, 2.05) is 38.1 Å². The number of aryl methyl sites for hydroxylation is 1. The van der Waals surface area contributed by atoms with Crippen molar-refractivity contribution in [3.63, 3.8) is 0 Å². The van der Waals surface area contributed by atoms with E-state index >= 15 is 0 Å². The van der Waals surface area contributed by atoms with Crippen LogP contribution in [0.5, 0.6) is 5.75 Å². The van der Waals surface area contributed by atoms with Gasteiger partial charge in [-0.05, 0) is 79.8 Å². The summed E-state index contributed by atoms with van der Waals surface area (Å²) in [6, 6.07) is 11.3. The second-order valence-electron chi connectivity index (χ2n) is 8.02. The number of pyridine rings is 2. The second kappa shape index (κ2) is 7.13. The molecule has 0 atom stereocenters. The average Bonchev–Trinajstić information content (AvgIpc) is 3.49. The number of fused-ring (bicyclic) bond motifs is 1. The Morgan fingerprint density at radius 1 is 1.20 bits per heavy atom. The van der Waals surface area contributed by atoms with E-state index in [1.54, 1.807) is 23.2 Å². The van der Waals surface area contributed by atoms with Crippen molar-refractivity contribution >= 4 is 17.4 Å². The number of H-pyrrole nitrogens is 1. The molecule has 2 aliphatic rings. The van der Waals surface area contributed by atoms with Crippen LogP contribution in [0.1, 0.15) is 29.5 Å². The molecule has 1 aliphatic carbocycles. The summed E-state index contributed by atoms with van der Waals surface area (Å²) in [6.45, 7) is 4.60. The lowest BCUT2D eigenvalue weighted by atomic mass is 10.0. The minimum absolute atomic E-state index is 0.0292. The van der Waals surface area contributed by atoms with Gasteiger partial charge in [-0.15, -0.1) is 0 Å². The highest BCUT2D eigenvalue weighted by Crippen LogP contribution is 2.39. The first-order valence-electron chi connectivity index (χ1n) is 10.3. The molecule has 0 radical (unpaired) electrons. The van der Waals surface area contributed by atoms with Crippen LogP contribution in [0, 0.1) is 19.8 Å². The summed E-state index contributed by atoms with van der Waals surface area (Å²) in [5, 5.41) is 0. The minimum atomic E-state index is -0.195. The standard InChI is InChI=1S/C24H23N3O3/c1-14-12-21(26-22(15(14)2)19-4-3-10-25-23(19)28)27(24(29)16-5-6-16)18-7-8-20-17(13-18)9-11-30-20/h3-4,7-8,10,12-13,16H,5-6,9,11H2,1-2H3,(H,25,28). The van der Waals surface area contributed by atoms with Crippen LogP contribution in [0.25, 0.3) is 11.3 Å². The summed E-state index contributed by atoms with van der Waals surface area (Å²) in [7, 11) is 0. The van der Waals surface area contributed by atoms with Gasteiger partial charge in [-0.3, -0.25) is 14.5 Å². The number of carbonyl (C=O) groups excluding carboxylic acids is 1. The molecule has 5 rings (SSSR count). The Kier molecular flexibility index (Phi) is 4.42. The van der Waals surface area contributed by atoms with E-state index in [0.717, 1.165) is 47.4 Å². The van der Waals surface area contributed by atoms with E-state index in [9.17, 15) is 9.59 Å². The number of anilines is 2. The molecule has 30 heavy (non-hydrogen) atoms. The molecule has 3 aromatic rings. The lowest BCUT2D eigenvalue weighted by Crippen LogP contribution is -2.28. The van der Waals surface area contributed by atoms with Crippen LogP contribution in [0.4, 0.5) is 11.5 Å². The Morgan fingerprint density at radius 3 is 2.80 bits per heavy atom. The molecule has 6 heteroatoms. The van der Waals surface area contributed by atoms with Crippen LogP contribution in [0.15, 0.2) is 47.4 Å². The van der Waals surface area contributed by atoms with Gasteiger partial charge in [-0.2, -0.15) is 0 Å². The summed E-state index contributed by atoms with van der Waals surface area (Å²) in [6.07, 6.45) is 4.24. The Morgan fingerprint density at radius 2 is 2.03 bits per heavy atom. The number of hydrogen-bond donors (Lipinski definition) is 1. The molecule has 1 aromatic carbocycles. The van der Waals surface area contributed by atoms with Crippen molar-refractivity contribution in [1.29, 1.82) is 0 Å². The molecule has 1 aliphatic heterocycles. The van der Waals surface area contributed by atoms with Gasteiger partial charge in [0.15, 0.2) is 0 Å². The van der Waals surface area contributed by atoms with Crippen molar-refractivity contribution in [1.82, 2.24) is 9.97 Å². The molecule has 1 fully saturated rings. The summed E-state index contributed by atoms with van der Waals surface area (Å²) in [5.74, 6) is 1.51. The quantitative estimate of drug-likeness (QED) is 0.715. The topological polar surface area (TPSA) is 75.3 Å². The van der Waals surface area contributed by atoms with E-state index in [-0.39, 0.29) is 17.4 Å². The molecule has 0 saturated heterocycles. The third kappa shape index (κ3) is 3.18. The zero-order valence-electron chi connectivity index (χ0n) is 17.1. The summed E-state index contributed by atoms with van der Waals surface area (Å²) in [4.78, 5) is 35.0. The van der Waals surface area contributed by atoms with Crippen LogP contribution in [0.3, 0.4) is 0 Å². The fraction of sp³-hybridized carbons (Fsp3) is 0.292. The molecule has 1 saturated carbocycles. The van der Waals surface area contributed by atoms with E-state index in [2.05, 4.69) is 4.98 Å². The smallest absolute Gasteiger partial charge is 0.257 e. The third-order valence-corrected chi connectivity index (χ3v) is 5.90. The maximum atomic E-state index is 13.3. The van der Waals surface area contributed by atoms with Gasteiger partial charge in [-0.25, -0.2) is 4.98 Å². The molecular formula is C24H23N3O3. The number of carbonyl (C=O) groups is 1. The van der Waals surface area contributed by atoms with Crippen molar-refractivity contribution < 1.29 is 9.53 Å². The maximum absolute atomic E-state index is 13.3. The number of ether oxygens (including phenoxy) is 1. The van der Waals surface area contributed by atoms with Crippen LogP contribution >= 0.6 is 0 Å². The maximum Gasteiger partial charge on any atom is 0.257 e. The Labute approximate surface area is 174 Å². The van der Waals surface area contributed by atoms with Crippen LogP contribution in [-0.2, 0) is 11.2 Å². The van der Waals surface area contributed by atoms with Crippen molar-refractivity contribution in [3.05, 3.63) is 69.6 Å². The van der Waals surface area contributed by atoms with Crippen LogP contribution < -0.4 is 15.2 Å². The highest BCUT2D eigenvalue weighted by molar-refractivity contribution is 6.02. The zero-order chi connectivity index (χ0) is 20.8. The van der Waals surface area contributed by atoms with Gasteiger partial charge >= 0.3 is 0 Å². The summed E-state index contributed by atoms with van der Waals surface area (Å²) in [5.41, 5.74) is 4.71. The molecule has 3 heterocycles. The van der Waals surface area contributed by atoms with E-state index in [4.69, 9.17) is 9.72 Å². The number of nitrogens with zero attached hydrogens (tertiary/aromatic N) is 2. The third-order valence-electron chi connectivity index (χ3n) is 5.90. The minimum Gasteiger partial charge on any atom is -0.493 e. The van der Waals surface area contributed by atoms with Gasteiger partial charge in [-0.1, -0.05) is 0 Å². The Hall–Kier alpha value is -3.41. The van der Waals surface area contributed by atoms with Gasteiger partial charge in [0.1, 0.15) is 11.6 Å². The highest BCUT2D eigenvalue weighted by atomic mass is 16.5. The van der Waals surface area contributed by atoms with E-state index < -0.39 is 0 Å². The predicted octanol–water partition coefficient (Wildman–Crippen LogP) is 4.06. The number of rotatable bonds is 4. The summed E-state index contributed by atoms with van der Waals surface area (Å²) < 4.78 is 5.63. The molecule has 0 spiro atoms. The van der Waals surface area contributed by atoms with Crippen molar-refractivity contribution in [2.75, 3.05) is 11.5 Å². The van der Waals surface area contributed by atoms with Gasteiger partial charge in [0.25, 0.3) is 5.56 Å². The van der Waals surface area contributed by atoms with E-state index in [1.165, 1.54) is 0 Å². The largest absolute Gasteiger partial charge is 0.493 e. The fourth-order valence-electron chi connectivity index (χ4n) is 3.90. The monoisotopic (exact) mass is 401 g/mol. The second-order valence-corrected chi connectivity index (χ2v) is 8.02. The van der Waals surface area contributed by atoms with Crippen LogP contribution in [0.2, 0.25) is 0 Å². The zero-order valence-corrected chi connectivity index (χ0v) is 17.1. The SMILES string of the molecule is Cc1cc(N(C(=O)C2CC2)c2ccc3c(c2)CCO3)nc(-c2ccc[nH]c2=O)c1C. The number of aromatic amines is 1. The molecule has 0 bridgehead atoms. The van der Waals surface area contributed by atoms with Crippen molar-refractivity contribution in [3.8, 4) is 17.0 Å². The first kappa shape index (κ1) is 18.6. The first-order valence-corrected chi connectivity index (χ1v) is 10.3. The number of nitrogens with one attached hydrogen (secondary N) is 1. The molecule has 152 valence electrons. The highest BCUT2D eigenvalue weighted by Gasteiger charge is 2.36. The average molecular weight is 401 g/mol. The lowest BCUT2D eigenvalue weighted by molar-refractivity contribution is -0.119. The van der Waals surface area contributed by atoms with Crippen LogP contribution in [-0.4, -0.2) is 22.5 Å². The number of amides is 1. The molecule has 2 aromatic heterocycles. The van der Waals surface area contributed by atoms with Gasteiger partial charge in [0.2, 0.25) is 5.91 Å².